The predicted molar refractivity (Wildman–Crippen MR) is 99.7 cm³/mol. The highest BCUT2D eigenvalue weighted by molar-refractivity contribution is 7.92. The zero-order valence-corrected chi connectivity index (χ0v) is 14.9. The van der Waals surface area contributed by atoms with Crippen LogP contribution < -0.4 is 9.44 Å². The molecule has 8 heteroatoms. The predicted octanol–water partition coefficient (Wildman–Crippen LogP) is 3.01. The Morgan fingerprint density at radius 2 is 1.24 bits per heavy atom. The van der Waals surface area contributed by atoms with Gasteiger partial charge < -0.3 is 0 Å². The minimum Gasteiger partial charge on any atom is -0.284 e. The van der Waals surface area contributed by atoms with Crippen molar-refractivity contribution in [3.8, 4) is 0 Å². The number of anilines is 2. The van der Waals surface area contributed by atoms with E-state index >= 15 is 0 Å². The van der Waals surface area contributed by atoms with E-state index in [9.17, 15) is 16.8 Å². The highest BCUT2D eigenvalue weighted by Gasteiger charge is 2.14. The number of hydrogen-bond donors (Lipinski definition) is 2. The average molecular weight is 376 g/mol. The van der Waals surface area contributed by atoms with Gasteiger partial charge in [-0.2, -0.15) is 0 Å². The maximum Gasteiger partial charge on any atom is 0.261 e. The Morgan fingerprint density at radius 3 is 1.84 bits per heavy atom. The van der Waals surface area contributed by atoms with Crippen molar-refractivity contribution in [1.82, 2.24) is 0 Å². The van der Waals surface area contributed by atoms with Crippen LogP contribution in [0.25, 0.3) is 10.8 Å². The highest BCUT2D eigenvalue weighted by atomic mass is 32.2. The number of hydrogen-bond acceptors (Lipinski definition) is 4. The molecule has 0 saturated heterocycles. The Bertz CT molecular complexity index is 1120. The van der Waals surface area contributed by atoms with Crippen LogP contribution in [0.1, 0.15) is 0 Å². The van der Waals surface area contributed by atoms with Crippen molar-refractivity contribution >= 4 is 42.2 Å². The van der Waals surface area contributed by atoms with Crippen LogP contribution in [0.15, 0.2) is 71.6 Å². The summed E-state index contributed by atoms with van der Waals surface area (Å²) in [4.78, 5) is 0.157. The van der Waals surface area contributed by atoms with Crippen LogP contribution in [0.4, 0.5) is 11.4 Å². The lowest BCUT2D eigenvalue weighted by atomic mass is 10.1. The van der Waals surface area contributed by atoms with Crippen molar-refractivity contribution in [3.63, 3.8) is 0 Å². The first kappa shape index (κ1) is 17.2. The molecule has 130 valence electrons. The van der Waals surface area contributed by atoms with Crippen LogP contribution in [0.2, 0.25) is 0 Å². The molecule has 0 atom stereocenters. The van der Waals surface area contributed by atoms with Crippen LogP contribution in [0.5, 0.6) is 0 Å². The van der Waals surface area contributed by atoms with E-state index in [1.807, 2.05) is 24.3 Å². The molecule has 6 nitrogen and oxygen atoms in total. The molecule has 3 aromatic carbocycles. The van der Waals surface area contributed by atoms with Crippen molar-refractivity contribution in [2.24, 2.45) is 0 Å². The molecule has 25 heavy (non-hydrogen) atoms. The van der Waals surface area contributed by atoms with E-state index in [1.54, 1.807) is 18.2 Å². The summed E-state index contributed by atoms with van der Waals surface area (Å²) in [5.74, 6) is 0. The van der Waals surface area contributed by atoms with Gasteiger partial charge >= 0.3 is 0 Å². The molecular weight excluding hydrogens is 360 g/mol. The van der Waals surface area contributed by atoms with E-state index < -0.39 is 20.0 Å². The number of sulfonamides is 2. The molecule has 0 saturated carbocycles. The van der Waals surface area contributed by atoms with Gasteiger partial charge in [-0.3, -0.25) is 9.44 Å². The van der Waals surface area contributed by atoms with Gasteiger partial charge in [-0.05, 0) is 47.2 Å². The van der Waals surface area contributed by atoms with E-state index in [2.05, 4.69) is 9.44 Å². The molecule has 0 aliphatic carbocycles. The minimum atomic E-state index is -3.74. The van der Waals surface area contributed by atoms with Gasteiger partial charge in [-0.25, -0.2) is 16.8 Å². The molecule has 0 radical (unpaired) electrons. The number of rotatable bonds is 5. The highest BCUT2D eigenvalue weighted by Crippen LogP contribution is 2.22. The van der Waals surface area contributed by atoms with Crippen LogP contribution in [0, 0.1) is 0 Å². The molecule has 2 N–H and O–H groups in total. The number of benzene rings is 3. The number of nitrogens with one attached hydrogen (secondary N) is 2. The summed E-state index contributed by atoms with van der Waals surface area (Å²) in [6.07, 6.45) is 1.04. The molecule has 0 unspecified atom stereocenters. The maximum atomic E-state index is 12.5. The fourth-order valence-corrected chi connectivity index (χ4v) is 4.03. The monoisotopic (exact) mass is 376 g/mol. The first-order valence-electron chi connectivity index (χ1n) is 7.32. The maximum absolute atomic E-state index is 12.5. The quantitative estimate of drug-likeness (QED) is 0.716. The third-order valence-electron chi connectivity index (χ3n) is 3.47. The summed E-state index contributed by atoms with van der Waals surface area (Å²) < 4.78 is 52.2. The molecular formula is C17H16N2O4S2. The fourth-order valence-electron chi connectivity index (χ4n) is 2.37. The van der Waals surface area contributed by atoms with Gasteiger partial charge in [-0.15, -0.1) is 0 Å². The van der Waals surface area contributed by atoms with Gasteiger partial charge in [0.1, 0.15) is 0 Å². The molecule has 0 amide bonds. The summed E-state index contributed by atoms with van der Waals surface area (Å²) in [6.45, 7) is 0. The average Bonchev–Trinajstić information content (AvgIpc) is 2.55. The van der Waals surface area contributed by atoms with Crippen LogP contribution in [-0.2, 0) is 20.0 Å². The minimum absolute atomic E-state index is 0.157. The molecule has 0 heterocycles. The first-order valence-corrected chi connectivity index (χ1v) is 10.7. The molecule has 0 bridgehead atoms. The molecule has 3 aromatic rings. The first-order chi connectivity index (χ1) is 11.7. The van der Waals surface area contributed by atoms with E-state index in [0.29, 0.717) is 11.4 Å². The Morgan fingerprint density at radius 1 is 0.680 bits per heavy atom. The molecule has 0 fully saturated rings. The lowest BCUT2D eigenvalue weighted by Crippen LogP contribution is -2.13. The fraction of sp³-hybridized carbons (Fsp3) is 0.0588. The molecule has 3 rings (SSSR count). The van der Waals surface area contributed by atoms with Crippen LogP contribution in [0.3, 0.4) is 0 Å². The second kappa shape index (κ2) is 6.38. The molecule has 0 aliphatic heterocycles. The van der Waals surface area contributed by atoms with E-state index in [1.165, 1.54) is 24.3 Å². The van der Waals surface area contributed by atoms with Crippen LogP contribution >= 0.6 is 0 Å². The lowest BCUT2D eigenvalue weighted by Gasteiger charge is -2.10. The second-order valence-corrected chi connectivity index (χ2v) is 9.00. The smallest absolute Gasteiger partial charge is 0.261 e. The van der Waals surface area contributed by atoms with E-state index in [-0.39, 0.29) is 4.90 Å². The second-order valence-electron chi connectivity index (χ2n) is 5.57. The zero-order valence-electron chi connectivity index (χ0n) is 13.3. The molecule has 0 aromatic heterocycles. The normalized spacial score (nSPS) is 12.0. The SMILES string of the molecule is CS(=O)(=O)Nc1ccc(NS(=O)(=O)c2ccc3ccccc3c2)cc1. The summed E-state index contributed by atoms with van der Waals surface area (Å²) in [7, 11) is -7.12. The van der Waals surface area contributed by atoms with Crippen LogP contribution in [-0.4, -0.2) is 23.1 Å². The largest absolute Gasteiger partial charge is 0.284 e. The summed E-state index contributed by atoms with van der Waals surface area (Å²) in [5.41, 5.74) is 0.698. The Labute approximate surface area is 146 Å². The van der Waals surface area contributed by atoms with Crippen molar-refractivity contribution in [1.29, 1.82) is 0 Å². The zero-order chi connectivity index (χ0) is 18.1. The van der Waals surface area contributed by atoms with Gasteiger partial charge in [0.05, 0.1) is 11.2 Å². The van der Waals surface area contributed by atoms with Gasteiger partial charge in [0.25, 0.3) is 10.0 Å². The summed E-state index contributed by atoms with van der Waals surface area (Å²) in [5, 5.41) is 1.79. The van der Waals surface area contributed by atoms with E-state index in [4.69, 9.17) is 0 Å². The summed E-state index contributed by atoms with van der Waals surface area (Å²) in [6, 6.07) is 18.4. The third kappa shape index (κ3) is 4.28. The van der Waals surface area contributed by atoms with Crippen molar-refractivity contribution < 1.29 is 16.8 Å². The lowest BCUT2D eigenvalue weighted by molar-refractivity contribution is 0.600. The van der Waals surface area contributed by atoms with Gasteiger partial charge in [0.15, 0.2) is 0 Å². The topological polar surface area (TPSA) is 92.3 Å². The van der Waals surface area contributed by atoms with Crippen molar-refractivity contribution in [3.05, 3.63) is 66.7 Å². The van der Waals surface area contributed by atoms with Crippen molar-refractivity contribution in [2.45, 2.75) is 4.90 Å². The Kier molecular flexibility index (Phi) is 4.40. The Hall–Kier alpha value is -2.58. The molecule has 0 aliphatic rings. The Balaban J connectivity index is 1.85. The van der Waals surface area contributed by atoms with E-state index in [0.717, 1.165) is 17.0 Å². The van der Waals surface area contributed by atoms with Crippen molar-refractivity contribution in [2.75, 3.05) is 15.7 Å². The van der Waals surface area contributed by atoms with Gasteiger partial charge in [-0.1, -0.05) is 30.3 Å². The van der Waals surface area contributed by atoms with Gasteiger partial charge in [0, 0.05) is 11.4 Å². The third-order valence-corrected chi connectivity index (χ3v) is 5.46. The molecule has 0 spiro atoms. The summed E-state index contributed by atoms with van der Waals surface area (Å²) >= 11 is 0. The van der Waals surface area contributed by atoms with Gasteiger partial charge in [0.2, 0.25) is 10.0 Å². The standard InChI is InChI=1S/C17H16N2O4S2/c1-24(20,21)18-15-7-9-16(10-8-15)19-25(22,23)17-11-6-13-4-2-3-5-14(13)12-17/h2-12,18-19H,1H3. The number of fused-ring (bicyclic) bond motifs is 1.